The molecule has 0 amide bonds. The summed E-state index contributed by atoms with van der Waals surface area (Å²) < 4.78 is 11.4. The van der Waals surface area contributed by atoms with Crippen molar-refractivity contribution < 1.29 is 9.47 Å². The van der Waals surface area contributed by atoms with Gasteiger partial charge in [0.1, 0.15) is 11.4 Å². The number of halogens is 1. The predicted molar refractivity (Wildman–Crippen MR) is 87.9 cm³/mol. The summed E-state index contributed by atoms with van der Waals surface area (Å²) >= 11 is 3.56. The van der Waals surface area contributed by atoms with Crippen LogP contribution in [0.1, 0.15) is 18.1 Å². The number of nitrogens with zero attached hydrogens (tertiary/aromatic N) is 1. The van der Waals surface area contributed by atoms with Crippen molar-refractivity contribution >= 4 is 27.5 Å². The van der Waals surface area contributed by atoms with Crippen LogP contribution in [-0.4, -0.2) is 18.3 Å². The molecule has 2 aromatic rings. The van der Waals surface area contributed by atoms with Gasteiger partial charge in [0, 0.05) is 16.5 Å². The Labute approximate surface area is 132 Å². The van der Waals surface area contributed by atoms with E-state index in [0.29, 0.717) is 11.2 Å². The van der Waals surface area contributed by atoms with Crippen LogP contribution in [0, 0.1) is 0 Å². The van der Waals surface area contributed by atoms with Gasteiger partial charge in [0.2, 0.25) is 5.90 Å². The quantitative estimate of drug-likeness (QED) is 0.771. The van der Waals surface area contributed by atoms with E-state index in [1.165, 1.54) is 0 Å². The van der Waals surface area contributed by atoms with Crippen molar-refractivity contribution in [1.29, 1.82) is 0 Å². The highest BCUT2D eigenvalue weighted by Crippen LogP contribution is 2.39. The third kappa shape index (κ3) is 2.56. The molecule has 1 aliphatic rings. The van der Waals surface area contributed by atoms with Crippen LogP contribution in [0.4, 0.5) is 5.69 Å². The molecule has 0 radical (unpaired) electrons. The second-order valence-corrected chi connectivity index (χ2v) is 5.69. The topological polar surface area (TPSA) is 30.8 Å². The van der Waals surface area contributed by atoms with E-state index in [1.54, 1.807) is 7.11 Å². The molecule has 0 fully saturated rings. The molecule has 0 spiro atoms. The average molecular weight is 346 g/mol. The lowest BCUT2D eigenvalue weighted by Crippen LogP contribution is -2.33. The minimum atomic E-state index is -0.423. The van der Waals surface area contributed by atoms with Gasteiger partial charge >= 0.3 is 0 Å². The standard InChI is InChI=1S/C17H16BrNO2/c1-17(11-18)14-5-3-4-6-15(14)19-16(21-17)12-7-9-13(20-2)10-8-12/h3-10H,11H2,1-2H3. The number of fused-ring (bicyclic) bond motifs is 1. The first-order chi connectivity index (χ1) is 10.2. The number of alkyl halides is 1. The molecular weight excluding hydrogens is 330 g/mol. The lowest BCUT2D eigenvalue weighted by atomic mass is 9.94. The van der Waals surface area contributed by atoms with Crippen molar-refractivity contribution in [3.63, 3.8) is 0 Å². The second kappa shape index (κ2) is 5.53. The molecule has 1 heterocycles. The number of aliphatic imine (C=N–C) groups is 1. The number of para-hydroxylation sites is 1. The molecule has 3 nitrogen and oxygen atoms in total. The summed E-state index contributed by atoms with van der Waals surface area (Å²) in [6.45, 7) is 2.07. The Hall–Kier alpha value is -1.81. The zero-order chi connectivity index (χ0) is 14.9. The van der Waals surface area contributed by atoms with E-state index >= 15 is 0 Å². The third-order valence-corrected chi connectivity index (χ3v) is 4.68. The first kappa shape index (κ1) is 14.1. The van der Waals surface area contributed by atoms with Crippen LogP contribution in [0.5, 0.6) is 5.75 Å². The SMILES string of the molecule is COc1ccc(C2=Nc3ccccc3C(C)(CBr)O2)cc1. The summed E-state index contributed by atoms with van der Waals surface area (Å²) in [6, 6.07) is 15.8. The maximum Gasteiger partial charge on any atom is 0.222 e. The molecule has 108 valence electrons. The van der Waals surface area contributed by atoms with Crippen molar-refractivity contribution in [1.82, 2.24) is 0 Å². The van der Waals surface area contributed by atoms with Crippen molar-refractivity contribution in [3.8, 4) is 5.75 Å². The smallest absolute Gasteiger partial charge is 0.222 e. The van der Waals surface area contributed by atoms with Crippen LogP contribution < -0.4 is 4.74 Å². The van der Waals surface area contributed by atoms with E-state index in [1.807, 2.05) is 42.5 Å². The Morgan fingerprint density at radius 1 is 1.14 bits per heavy atom. The van der Waals surface area contributed by atoms with Crippen molar-refractivity contribution in [2.45, 2.75) is 12.5 Å². The third-order valence-electron chi connectivity index (χ3n) is 3.61. The Bertz CT molecular complexity index is 681. The maximum absolute atomic E-state index is 6.17. The fraction of sp³-hybridized carbons (Fsp3) is 0.235. The van der Waals surface area contributed by atoms with Gasteiger partial charge in [0.05, 0.1) is 12.8 Å². The molecule has 21 heavy (non-hydrogen) atoms. The number of ether oxygens (including phenoxy) is 2. The van der Waals surface area contributed by atoms with Gasteiger partial charge < -0.3 is 9.47 Å². The van der Waals surface area contributed by atoms with Crippen LogP contribution in [0.2, 0.25) is 0 Å². The molecule has 0 bridgehead atoms. The molecule has 3 rings (SSSR count). The van der Waals surface area contributed by atoms with Crippen molar-refractivity contribution in [3.05, 3.63) is 59.7 Å². The summed E-state index contributed by atoms with van der Waals surface area (Å²) in [4.78, 5) is 4.65. The highest BCUT2D eigenvalue weighted by Gasteiger charge is 2.35. The Kier molecular flexibility index (Phi) is 3.72. The zero-order valence-corrected chi connectivity index (χ0v) is 13.6. The molecular formula is C17H16BrNO2. The van der Waals surface area contributed by atoms with Gasteiger partial charge in [-0.05, 0) is 37.3 Å². The summed E-state index contributed by atoms with van der Waals surface area (Å²) in [5.41, 5.74) is 2.57. The zero-order valence-electron chi connectivity index (χ0n) is 12.0. The van der Waals surface area contributed by atoms with Gasteiger partial charge in [0.25, 0.3) is 0 Å². The van der Waals surface area contributed by atoms with Gasteiger partial charge in [0.15, 0.2) is 0 Å². The van der Waals surface area contributed by atoms with E-state index in [0.717, 1.165) is 22.6 Å². The monoisotopic (exact) mass is 345 g/mol. The first-order valence-corrected chi connectivity index (χ1v) is 7.86. The van der Waals surface area contributed by atoms with Gasteiger partial charge in [-0.25, -0.2) is 4.99 Å². The summed E-state index contributed by atoms with van der Waals surface area (Å²) in [5.74, 6) is 1.46. The van der Waals surface area contributed by atoms with E-state index in [-0.39, 0.29) is 0 Å². The van der Waals surface area contributed by atoms with E-state index < -0.39 is 5.60 Å². The van der Waals surface area contributed by atoms with Crippen LogP contribution >= 0.6 is 15.9 Å². The molecule has 0 N–H and O–H groups in total. The molecule has 0 aromatic heterocycles. The van der Waals surface area contributed by atoms with Gasteiger partial charge in [-0.1, -0.05) is 34.1 Å². The average Bonchev–Trinajstić information content (AvgIpc) is 2.55. The number of hydrogen-bond acceptors (Lipinski definition) is 3. The van der Waals surface area contributed by atoms with Crippen molar-refractivity contribution in [2.24, 2.45) is 4.99 Å². The van der Waals surface area contributed by atoms with Crippen molar-refractivity contribution in [2.75, 3.05) is 12.4 Å². The molecule has 1 atom stereocenters. The lowest BCUT2D eigenvalue weighted by Gasteiger charge is -2.34. The number of hydrogen-bond donors (Lipinski definition) is 0. The summed E-state index contributed by atoms with van der Waals surface area (Å²) in [6.07, 6.45) is 0. The minimum absolute atomic E-state index is 0.423. The molecule has 0 saturated heterocycles. The molecule has 0 aliphatic carbocycles. The molecule has 4 heteroatoms. The van der Waals surface area contributed by atoms with E-state index in [2.05, 4.69) is 33.9 Å². The Balaban J connectivity index is 2.06. The fourth-order valence-corrected chi connectivity index (χ4v) is 2.79. The Morgan fingerprint density at radius 2 is 1.86 bits per heavy atom. The summed E-state index contributed by atoms with van der Waals surface area (Å²) in [5, 5.41) is 0.701. The number of rotatable bonds is 3. The first-order valence-electron chi connectivity index (χ1n) is 6.74. The maximum atomic E-state index is 6.17. The molecule has 2 aromatic carbocycles. The summed E-state index contributed by atoms with van der Waals surface area (Å²) in [7, 11) is 1.65. The highest BCUT2D eigenvalue weighted by molar-refractivity contribution is 9.09. The number of benzene rings is 2. The normalized spacial score (nSPS) is 20.2. The highest BCUT2D eigenvalue weighted by atomic mass is 79.9. The predicted octanol–water partition coefficient (Wildman–Crippen LogP) is 4.41. The van der Waals surface area contributed by atoms with Crippen LogP contribution in [0.3, 0.4) is 0 Å². The molecule has 1 unspecified atom stereocenters. The number of methoxy groups -OCH3 is 1. The van der Waals surface area contributed by atoms with Crippen LogP contribution in [0.25, 0.3) is 0 Å². The van der Waals surface area contributed by atoms with Gasteiger partial charge in [-0.3, -0.25) is 0 Å². The molecule has 1 aliphatic heterocycles. The van der Waals surface area contributed by atoms with Crippen LogP contribution in [0.15, 0.2) is 53.5 Å². The van der Waals surface area contributed by atoms with Gasteiger partial charge in [-0.2, -0.15) is 0 Å². The minimum Gasteiger partial charge on any atom is -0.497 e. The van der Waals surface area contributed by atoms with E-state index in [9.17, 15) is 0 Å². The van der Waals surface area contributed by atoms with Gasteiger partial charge in [-0.15, -0.1) is 0 Å². The van der Waals surface area contributed by atoms with Crippen LogP contribution in [-0.2, 0) is 10.3 Å². The largest absolute Gasteiger partial charge is 0.497 e. The molecule has 0 saturated carbocycles. The fourth-order valence-electron chi connectivity index (χ4n) is 2.38. The lowest BCUT2D eigenvalue weighted by molar-refractivity contribution is 0.0980. The Morgan fingerprint density at radius 3 is 2.52 bits per heavy atom. The second-order valence-electron chi connectivity index (χ2n) is 5.13. The van der Waals surface area contributed by atoms with E-state index in [4.69, 9.17) is 9.47 Å².